The molecule has 0 radical (unpaired) electrons. The number of ether oxygens (including phenoxy) is 2. The third-order valence-electron chi connectivity index (χ3n) is 6.59. The van der Waals surface area contributed by atoms with E-state index in [2.05, 4.69) is 0 Å². The summed E-state index contributed by atoms with van der Waals surface area (Å²) in [5.41, 5.74) is 1.94. The number of rotatable bonds is 4. The largest absolute Gasteiger partial charge is 0.445 e. The van der Waals surface area contributed by atoms with Crippen LogP contribution >= 0.6 is 0 Å². The molecule has 2 aliphatic heterocycles. The van der Waals surface area contributed by atoms with Crippen molar-refractivity contribution in [1.82, 2.24) is 9.80 Å². The minimum Gasteiger partial charge on any atom is -0.445 e. The third kappa shape index (κ3) is 8.53. The standard InChI is InChI=1S/2C14H19NO3/c2*1-11-7-8-13(16)9-15(11)14(17)18-10-12-5-3-2-4-6-12/h2*2-6,11,13,16H,7-10H2,1H3. The molecule has 2 heterocycles. The van der Waals surface area contributed by atoms with Crippen LogP contribution in [0.1, 0.15) is 50.7 Å². The maximum absolute atomic E-state index is 11.9. The van der Waals surface area contributed by atoms with Crippen LogP contribution in [-0.4, -0.2) is 69.6 Å². The van der Waals surface area contributed by atoms with Crippen LogP contribution in [0, 0.1) is 0 Å². The summed E-state index contributed by atoms with van der Waals surface area (Å²) >= 11 is 0. The molecule has 2 amide bonds. The number of carbonyl (C=O) groups is 2. The van der Waals surface area contributed by atoms with Crippen molar-refractivity contribution in [2.75, 3.05) is 13.1 Å². The van der Waals surface area contributed by atoms with E-state index in [1.54, 1.807) is 9.80 Å². The second-order valence-corrected chi connectivity index (χ2v) is 9.55. The van der Waals surface area contributed by atoms with Crippen LogP contribution in [0.3, 0.4) is 0 Å². The Morgan fingerprint density at radius 2 is 1.06 bits per heavy atom. The Labute approximate surface area is 213 Å². The van der Waals surface area contributed by atoms with Crippen molar-refractivity contribution in [2.24, 2.45) is 0 Å². The van der Waals surface area contributed by atoms with Gasteiger partial charge in [-0.2, -0.15) is 0 Å². The Kier molecular flexibility index (Phi) is 10.6. The molecule has 2 aliphatic rings. The van der Waals surface area contributed by atoms with Crippen LogP contribution in [-0.2, 0) is 22.7 Å². The third-order valence-corrected chi connectivity index (χ3v) is 6.59. The summed E-state index contributed by atoms with van der Waals surface area (Å²) < 4.78 is 10.5. The van der Waals surface area contributed by atoms with Crippen molar-refractivity contribution in [3.05, 3.63) is 71.8 Å². The molecular formula is C28H38N2O6. The molecule has 8 heteroatoms. The van der Waals surface area contributed by atoms with Gasteiger partial charge in [0.2, 0.25) is 0 Å². The molecule has 0 spiro atoms. The highest BCUT2D eigenvalue weighted by Gasteiger charge is 2.29. The van der Waals surface area contributed by atoms with Gasteiger partial charge >= 0.3 is 12.2 Å². The minimum atomic E-state index is -0.425. The van der Waals surface area contributed by atoms with Crippen molar-refractivity contribution in [3.8, 4) is 0 Å². The van der Waals surface area contributed by atoms with E-state index in [1.807, 2.05) is 74.5 Å². The van der Waals surface area contributed by atoms with Gasteiger partial charge in [-0.1, -0.05) is 60.7 Å². The lowest BCUT2D eigenvalue weighted by atomic mass is 10.0. The topological polar surface area (TPSA) is 99.5 Å². The Bertz CT molecular complexity index is 864. The highest BCUT2D eigenvalue weighted by atomic mass is 16.6. The van der Waals surface area contributed by atoms with E-state index < -0.39 is 12.2 Å². The average Bonchev–Trinajstić information content (AvgIpc) is 2.90. The first-order valence-corrected chi connectivity index (χ1v) is 12.6. The van der Waals surface area contributed by atoms with Crippen molar-refractivity contribution in [1.29, 1.82) is 0 Å². The van der Waals surface area contributed by atoms with Gasteiger partial charge < -0.3 is 29.5 Å². The number of piperidine rings is 2. The zero-order chi connectivity index (χ0) is 25.9. The molecule has 8 nitrogen and oxygen atoms in total. The molecule has 2 aromatic rings. The molecule has 2 aromatic carbocycles. The van der Waals surface area contributed by atoms with Crippen molar-refractivity contribution in [3.63, 3.8) is 0 Å². The number of nitrogens with zero attached hydrogens (tertiary/aromatic N) is 2. The number of carbonyl (C=O) groups excluding carboxylic acids is 2. The molecule has 0 saturated carbocycles. The fraction of sp³-hybridized carbons (Fsp3) is 0.500. The molecule has 2 fully saturated rings. The molecule has 4 unspecified atom stereocenters. The lowest BCUT2D eigenvalue weighted by Crippen LogP contribution is -2.47. The van der Waals surface area contributed by atoms with E-state index in [1.165, 1.54) is 0 Å². The van der Waals surface area contributed by atoms with Gasteiger partial charge in [-0.15, -0.1) is 0 Å². The number of hydrogen-bond donors (Lipinski definition) is 2. The van der Waals surface area contributed by atoms with Gasteiger partial charge in [-0.05, 0) is 50.7 Å². The Morgan fingerprint density at radius 1 is 0.694 bits per heavy atom. The fourth-order valence-electron chi connectivity index (χ4n) is 4.29. The summed E-state index contributed by atoms with van der Waals surface area (Å²) in [6.07, 6.45) is 1.61. The predicted octanol–water partition coefficient (Wildman–Crippen LogP) is 4.34. The number of likely N-dealkylation sites (tertiary alicyclic amines) is 2. The maximum atomic E-state index is 11.9. The zero-order valence-corrected chi connectivity index (χ0v) is 21.2. The Morgan fingerprint density at radius 3 is 1.42 bits per heavy atom. The number of aliphatic hydroxyl groups is 2. The zero-order valence-electron chi connectivity index (χ0n) is 21.2. The van der Waals surface area contributed by atoms with E-state index in [0.717, 1.165) is 36.8 Å². The molecule has 36 heavy (non-hydrogen) atoms. The molecule has 2 saturated heterocycles. The summed E-state index contributed by atoms with van der Waals surface area (Å²) in [5.74, 6) is 0. The van der Waals surface area contributed by atoms with Gasteiger partial charge in [0, 0.05) is 12.1 Å². The molecule has 4 rings (SSSR count). The lowest BCUT2D eigenvalue weighted by Gasteiger charge is -2.35. The van der Waals surface area contributed by atoms with Crippen LogP contribution < -0.4 is 0 Å². The first kappa shape index (κ1) is 27.5. The second-order valence-electron chi connectivity index (χ2n) is 9.55. The van der Waals surface area contributed by atoms with Crippen LogP contribution in [0.5, 0.6) is 0 Å². The van der Waals surface area contributed by atoms with Crippen molar-refractivity contribution < 1.29 is 29.3 Å². The first-order valence-electron chi connectivity index (χ1n) is 12.6. The highest BCUT2D eigenvalue weighted by Crippen LogP contribution is 2.19. The number of amides is 2. The van der Waals surface area contributed by atoms with Gasteiger partial charge in [0.15, 0.2) is 0 Å². The summed E-state index contributed by atoms with van der Waals surface area (Å²) in [6.45, 7) is 5.26. The second kappa shape index (κ2) is 13.8. The van der Waals surface area contributed by atoms with Crippen LogP contribution in [0.25, 0.3) is 0 Å². The van der Waals surface area contributed by atoms with Crippen LogP contribution in [0.15, 0.2) is 60.7 Å². The van der Waals surface area contributed by atoms with Crippen molar-refractivity contribution >= 4 is 12.2 Å². The van der Waals surface area contributed by atoms with E-state index in [0.29, 0.717) is 13.1 Å². The summed E-state index contributed by atoms with van der Waals surface area (Å²) in [4.78, 5) is 27.1. The van der Waals surface area contributed by atoms with Crippen LogP contribution in [0.4, 0.5) is 9.59 Å². The fourth-order valence-corrected chi connectivity index (χ4v) is 4.29. The van der Waals surface area contributed by atoms with E-state index in [9.17, 15) is 19.8 Å². The molecule has 4 atom stereocenters. The average molecular weight is 499 g/mol. The molecule has 196 valence electrons. The number of benzene rings is 2. The molecule has 0 aliphatic carbocycles. The molecular weight excluding hydrogens is 460 g/mol. The molecule has 0 bridgehead atoms. The minimum absolute atomic E-state index is 0.136. The Balaban J connectivity index is 0.000000201. The highest BCUT2D eigenvalue weighted by molar-refractivity contribution is 5.68. The normalized spacial score (nSPS) is 23.8. The number of aliphatic hydroxyl groups excluding tert-OH is 2. The Hall–Kier alpha value is -3.10. The van der Waals surface area contributed by atoms with Gasteiger partial charge in [0.25, 0.3) is 0 Å². The summed E-state index contributed by atoms with van der Waals surface area (Å²) in [5, 5.41) is 19.2. The van der Waals surface area contributed by atoms with Crippen LogP contribution in [0.2, 0.25) is 0 Å². The smallest absolute Gasteiger partial charge is 0.410 e. The quantitative estimate of drug-likeness (QED) is 0.651. The van der Waals surface area contributed by atoms with Gasteiger partial charge in [0.1, 0.15) is 13.2 Å². The van der Waals surface area contributed by atoms with E-state index in [4.69, 9.17) is 9.47 Å². The lowest BCUT2D eigenvalue weighted by molar-refractivity contribution is 0.0248. The molecule has 2 N–H and O–H groups in total. The van der Waals surface area contributed by atoms with Gasteiger partial charge in [-0.3, -0.25) is 0 Å². The van der Waals surface area contributed by atoms with E-state index in [-0.39, 0.29) is 37.5 Å². The van der Waals surface area contributed by atoms with Crippen molar-refractivity contribution in [2.45, 2.75) is 77.0 Å². The van der Waals surface area contributed by atoms with Gasteiger partial charge in [0.05, 0.1) is 25.3 Å². The SMILES string of the molecule is CC1CCC(O)CN1C(=O)OCc1ccccc1.CC1CCC(O)CN1C(=O)OCc1ccccc1. The predicted molar refractivity (Wildman–Crippen MR) is 136 cm³/mol. The monoisotopic (exact) mass is 498 g/mol. The number of hydrogen-bond acceptors (Lipinski definition) is 6. The van der Waals surface area contributed by atoms with E-state index >= 15 is 0 Å². The number of β-amino-alcohol motifs (C(OH)–C–C–N with tert-alkyl or cyclic N) is 2. The molecule has 0 aromatic heterocycles. The summed E-state index contributed by atoms with van der Waals surface area (Å²) in [6, 6.07) is 19.4. The maximum Gasteiger partial charge on any atom is 0.410 e. The summed E-state index contributed by atoms with van der Waals surface area (Å²) in [7, 11) is 0. The van der Waals surface area contributed by atoms with Gasteiger partial charge in [-0.25, -0.2) is 9.59 Å². The first-order chi connectivity index (χ1) is 17.3.